The fourth-order valence-corrected chi connectivity index (χ4v) is 3.01. The lowest BCUT2D eigenvalue weighted by Gasteiger charge is -2.23. The third-order valence-electron chi connectivity index (χ3n) is 4.59. The van der Waals surface area contributed by atoms with Gasteiger partial charge in [-0.15, -0.1) is 0 Å². The van der Waals surface area contributed by atoms with E-state index < -0.39 is 0 Å². The molecule has 0 aromatic rings. The Morgan fingerprint density at radius 3 is 1.35 bits per heavy atom. The van der Waals surface area contributed by atoms with Gasteiger partial charge in [0.05, 0.1) is 27.7 Å². The molecular weight excluding hydrogens is 278 g/mol. The molecule has 0 aliphatic rings. The molecule has 138 valence electrons. The molecule has 0 fully saturated rings. The fourth-order valence-electron chi connectivity index (χ4n) is 3.01. The van der Waals surface area contributed by atoms with E-state index in [9.17, 15) is 0 Å². The van der Waals surface area contributed by atoms with Crippen molar-refractivity contribution in [3.63, 3.8) is 0 Å². The first-order valence-corrected chi connectivity index (χ1v) is 10.5. The summed E-state index contributed by atoms with van der Waals surface area (Å²) in [6.07, 6.45) is 25.9. The van der Waals surface area contributed by atoms with Crippen LogP contribution in [0.4, 0.5) is 0 Å². The summed E-state index contributed by atoms with van der Waals surface area (Å²) in [5, 5.41) is 0. The van der Waals surface area contributed by atoms with Crippen LogP contribution >= 0.6 is 0 Å². The molecule has 0 N–H and O–H groups in total. The second-order valence-corrected chi connectivity index (χ2v) is 8.31. The van der Waals surface area contributed by atoms with E-state index in [1.54, 1.807) is 0 Å². The average Bonchev–Trinajstić information content (AvgIpc) is 2.49. The zero-order chi connectivity index (χ0) is 17.2. The van der Waals surface area contributed by atoms with Gasteiger partial charge >= 0.3 is 0 Å². The number of allylic oxidation sites excluding steroid dienone is 2. The molecule has 1 heteroatoms. The molecule has 0 saturated heterocycles. The second kappa shape index (κ2) is 16.6. The van der Waals surface area contributed by atoms with Gasteiger partial charge in [-0.3, -0.25) is 0 Å². The number of unbranched alkanes of at least 4 members (excludes halogenated alkanes) is 13. The molecule has 0 bridgehead atoms. The highest BCUT2D eigenvalue weighted by atomic mass is 15.3. The first-order chi connectivity index (χ1) is 11.1. The van der Waals surface area contributed by atoms with Crippen molar-refractivity contribution >= 4 is 0 Å². The van der Waals surface area contributed by atoms with E-state index in [4.69, 9.17) is 0 Å². The summed E-state index contributed by atoms with van der Waals surface area (Å²) in [4.78, 5) is 0. The molecule has 0 aromatic heterocycles. The van der Waals surface area contributed by atoms with E-state index in [1.807, 2.05) is 0 Å². The lowest BCUT2D eigenvalue weighted by atomic mass is 10.1. The van der Waals surface area contributed by atoms with Gasteiger partial charge in [-0.1, -0.05) is 76.9 Å². The van der Waals surface area contributed by atoms with Crippen molar-refractivity contribution in [1.82, 2.24) is 0 Å². The van der Waals surface area contributed by atoms with Crippen LogP contribution in [0.15, 0.2) is 12.2 Å². The molecule has 1 nitrogen and oxygen atoms in total. The topological polar surface area (TPSA) is 0 Å². The van der Waals surface area contributed by atoms with Crippen LogP contribution in [0.25, 0.3) is 0 Å². The van der Waals surface area contributed by atoms with Crippen molar-refractivity contribution in [2.75, 3.05) is 27.7 Å². The number of nitrogens with zero attached hydrogens (tertiary/aromatic N) is 1. The van der Waals surface area contributed by atoms with Crippen molar-refractivity contribution in [3.8, 4) is 0 Å². The molecular formula is C22H46N+. The zero-order valence-electron chi connectivity index (χ0n) is 16.9. The zero-order valence-corrected chi connectivity index (χ0v) is 16.9. The Labute approximate surface area is 148 Å². The summed E-state index contributed by atoms with van der Waals surface area (Å²) in [5.74, 6) is 0. The summed E-state index contributed by atoms with van der Waals surface area (Å²) in [7, 11) is 6.87. The van der Waals surface area contributed by atoms with Gasteiger partial charge in [0.2, 0.25) is 0 Å². The predicted molar refractivity (Wildman–Crippen MR) is 107 cm³/mol. The molecule has 0 aromatic carbocycles. The number of rotatable bonds is 17. The highest BCUT2D eigenvalue weighted by molar-refractivity contribution is 4.81. The van der Waals surface area contributed by atoms with E-state index in [0.717, 1.165) is 4.48 Å². The van der Waals surface area contributed by atoms with Crippen LogP contribution in [0, 0.1) is 0 Å². The summed E-state index contributed by atoms with van der Waals surface area (Å²) >= 11 is 0. The van der Waals surface area contributed by atoms with Crippen LogP contribution < -0.4 is 0 Å². The Hall–Kier alpha value is -0.300. The van der Waals surface area contributed by atoms with E-state index in [0.29, 0.717) is 0 Å². The predicted octanol–water partition coefficient (Wildman–Crippen LogP) is 7.12. The summed E-state index contributed by atoms with van der Waals surface area (Å²) in [5.41, 5.74) is 0. The first kappa shape index (κ1) is 22.7. The van der Waals surface area contributed by atoms with Gasteiger partial charge in [-0.2, -0.15) is 0 Å². The molecule has 0 amide bonds. The van der Waals surface area contributed by atoms with Gasteiger partial charge < -0.3 is 4.48 Å². The molecule has 0 radical (unpaired) electrons. The third-order valence-corrected chi connectivity index (χ3v) is 4.59. The van der Waals surface area contributed by atoms with E-state index >= 15 is 0 Å². The van der Waals surface area contributed by atoms with Gasteiger partial charge in [0.1, 0.15) is 0 Å². The SMILES string of the molecule is CCCCCCCC/C=C\CCCCCCCCC[N+](C)(C)C. The van der Waals surface area contributed by atoms with E-state index in [-0.39, 0.29) is 0 Å². The summed E-state index contributed by atoms with van der Waals surface area (Å²) in [6, 6.07) is 0. The fraction of sp³-hybridized carbons (Fsp3) is 0.909. The molecule has 23 heavy (non-hydrogen) atoms. The first-order valence-electron chi connectivity index (χ1n) is 10.5. The minimum Gasteiger partial charge on any atom is -0.331 e. The molecule has 0 aliphatic carbocycles. The Balaban J connectivity index is 3.11. The Bertz CT molecular complexity index is 249. The van der Waals surface area contributed by atoms with Crippen molar-refractivity contribution < 1.29 is 4.48 Å². The Morgan fingerprint density at radius 1 is 0.522 bits per heavy atom. The van der Waals surface area contributed by atoms with Gasteiger partial charge in [-0.05, 0) is 38.5 Å². The number of hydrogen-bond donors (Lipinski definition) is 0. The molecule has 0 unspecified atom stereocenters. The number of hydrogen-bond acceptors (Lipinski definition) is 0. The molecule has 0 atom stereocenters. The van der Waals surface area contributed by atoms with E-state index in [2.05, 4.69) is 40.2 Å². The lowest BCUT2D eigenvalue weighted by Crippen LogP contribution is -2.35. The van der Waals surface area contributed by atoms with Crippen molar-refractivity contribution in [1.29, 1.82) is 0 Å². The molecule has 0 heterocycles. The third kappa shape index (κ3) is 21.7. The minimum absolute atomic E-state index is 1.12. The highest BCUT2D eigenvalue weighted by Crippen LogP contribution is 2.11. The van der Waals surface area contributed by atoms with Crippen molar-refractivity contribution in [2.24, 2.45) is 0 Å². The van der Waals surface area contributed by atoms with Crippen LogP contribution in [0.5, 0.6) is 0 Å². The average molecular weight is 325 g/mol. The summed E-state index contributed by atoms with van der Waals surface area (Å²) in [6.45, 7) is 3.61. The quantitative estimate of drug-likeness (QED) is 0.152. The van der Waals surface area contributed by atoms with Crippen LogP contribution in [0.3, 0.4) is 0 Å². The molecule has 0 aliphatic heterocycles. The maximum atomic E-state index is 2.42. The maximum absolute atomic E-state index is 2.42. The van der Waals surface area contributed by atoms with E-state index in [1.165, 1.54) is 103 Å². The lowest BCUT2D eigenvalue weighted by molar-refractivity contribution is -0.870. The second-order valence-electron chi connectivity index (χ2n) is 8.31. The van der Waals surface area contributed by atoms with Gasteiger partial charge in [0, 0.05) is 0 Å². The smallest absolute Gasteiger partial charge is 0.0780 e. The minimum atomic E-state index is 1.12. The Morgan fingerprint density at radius 2 is 0.913 bits per heavy atom. The van der Waals surface area contributed by atoms with Gasteiger partial charge in [0.15, 0.2) is 0 Å². The van der Waals surface area contributed by atoms with Gasteiger partial charge in [0.25, 0.3) is 0 Å². The van der Waals surface area contributed by atoms with Gasteiger partial charge in [-0.25, -0.2) is 0 Å². The van der Waals surface area contributed by atoms with Crippen LogP contribution in [-0.4, -0.2) is 32.2 Å². The largest absolute Gasteiger partial charge is 0.331 e. The molecule has 0 rings (SSSR count). The highest BCUT2D eigenvalue weighted by Gasteiger charge is 2.04. The summed E-state index contributed by atoms with van der Waals surface area (Å²) < 4.78 is 1.12. The maximum Gasteiger partial charge on any atom is 0.0780 e. The van der Waals surface area contributed by atoms with Crippen LogP contribution in [-0.2, 0) is 0 Å². The van der Waals surface area contributed by atoms with Crippen LogP contribution in [0.2, 0.25) is 0 Å². The van der Waals surface area contributed by atoms with Crippen molar-refractivity contribution in [3.05, 3.63) is 12.2 Å². The molecule has 0 saturated carbocycles. The Kier molecular flexibility index (Phi) is 16.3. The van der Waals surface area contributed by atoms with Crippen molar-refractivity contribution in [2.45, 2.75) is 103 Å². The normalized spacial score (nSPS) is 12.3. The standard InChI is InChI=1S/C22H46N/c1-5-6-7-8-9-10-11-12-13-14-15-16-17-18-19-20-21-22-23(2,3)4/h12-13H,5-11,14-22H2,1-4H3/q+1/b13-12-. The molecule has 0 spiro atoms. The van der Waals surface area contributed by atoms with Crippen LogP contribution in [0.1, 0.15) is 103 Å². The monoisotopic (exact) mass is 324 g/mol. The number of quaternary nitrogens is 1.